The van der Waals surface area contributed by atoms with Crippen molar-refractivity contribution < 1.29 is 4.79 Å². The minimum Gasteiger partial charge on any atom is -0.325 e. The number of amides is 1. The smallest absolute Gasteiger partial charge is 0.237 e. The van der Waals surface area contributed by atoms with Crippen molar-refractivity contribution in [2.24, 2.45) is 0 Å². The van der Waals surface area contributed by atoms with Crippen LogP contribution < -0.4 is 5.32 Å². The zero-order chi connectivity index (χ0) is 9.97. The standard InChI is InChI=1S/C10H18N2OS/c1-2-14-9-5-3-4-8(9)12-7-11-6-10(12)13/h8-9,11H,2-7H2,1H3. The van der Waals surface area contributed by atoms with E-state index in [9.17, 15) is 4.79 Å². The Morgan fingerprint density at radius 3 is 3.07 bits per heavy atom. The third kappa shape index (κ3) is 1.91. The lowest BCUT2D eigenvalue weighted by molar-refractivity contribution is -0.128. The number of hydrogen-bond donors (Lipinski definition) is 1. The highest BCUT2D eigenvalue weighted by Crippen LogP contribution is 2.33. The van der Waals surface area contributed by atoms with Crippen LogP contribution in [0.5, 0.6) is 0 Å². The molecule has 2 rings (SSSR count). The number of thioether (sulfide) groups is 1. The molecule has 0 radical (unpaired) electrons. The monoisotopic (exact) mass is 214 g/mol. The van der Waals surface area contributed by atoms with E-state index in [-0.39, 0.29) is 0 Å². The van der Waals surface area contributed by atoms with E-state index in [2.05, 4.69) is 12.2 Å². The first-order chi connectivity index (χ1) is 6.83. The molecule has 2 aliphatic rings. The second-order valence-corrected chi connectivity index (χ2v) is 5.46. The molecule has 0 aromatic rings. The summed E-state index contributed by atoms with van der Waals surface area (Å²) in [4.78, 5) is 13.6. The Morgan fingerprint density at radius 1 is 1.57 bits per heavy atom. The molecular weight excluding hydrogens is 196 g/mol. The molecule has 0 aromatic carbocycles. The molecule has 14 heavy (non-hydrogen) atoms. The fourth-order valence-corrected chi connectivity index (χ4v) is 3.71. The SMILES string of the molecule is CCSC1CCCC1N1CNCC1=O. The van der Waals surface area contributed by atoms with Crippen molar-refractivity contribution in [1.82, 2.24) is 10.2 Å². The maximum absolute atomic E-state index is 11.6. The summed E-state index contributed by atoms with van der Waals surface area (Å²) in [6, 6.07) is 0.502. The van der Waals surface area contributed by atoms with Crippen molar-refractivity contribution in [1.29, 1.82) is 0 Å². The maximum Gasteiger partial charge on any atom is 0.237 e. The number of carbonyl (C=O) groups is 1. The molecule has 1 amide bonds. The average Bonchev–Trinajstić information content (AvgIpc) is 2.74. The normalized spacial score (nSPS) is 32.9. The van der Waals surface area contributed by atoms with Crippen LogP contribution in [0, 0.1) is 0 Å². The van der Waals surface area contributed by atoms with E-state index in [1.807, 2.05) is 16.7 Å². The van der Waals surface area contributed by atoms with Crippen molar-refractivity contribution in [3.05, 3.63) is 0 Å². The van der Waals surface area contributed by atoms with Crippen molar-refractivity contribution in [3.63, 3.8) is 0 Å². The van der Waals surface area contributed by atoms with Gasteiger partial charge in [0.25, 0.3) is 0 Å². The van der Waals surface area contributed by atoms with Crippen LogP contribution in [0.4, 0.5) is 0 Å². The molecule has 1 saturated carbocycles. The van der Waals surface area contributed by atoms with Crippen LogP contribution >= 0.6 is 11.8 Å². The molecule has 0 aromatic heterocycles. The molecule has 1 aliphatic carbocycles. The summed E-state index contributed by atoms with van der Waals surface area (Å²) in [5, 5.41) is 3.81. The number of rotatable bonds is 3. The lowest BCUT2D eigenvalue weighted by atomic mass is 10.2. The first kappa shape index (κ1) is 10.3. The summed E-state index contributed by atoms with van der Waals surface area (Å²) < 4.78 is 0. The largest absolute Gasteiger partial charge is 0.325 e. The fraction of sp³-hybridized carbons (Fsp3) is 0.900. The van der Waals surface area contributed by atoms with Crippen LogP contribution in [0.1, 0.15) is 26.2 Å². The van der Waals surface area contributed by atoms with Crippen LogP contribution in [0.2, 0.25) is 0 Å². The topological polar surface area (TPSA) is 32.3 Å². The Bertz CT molecular complexity index is 222. The molecule has 80 valence electrons. The first-order valence-electron chi connectivity index (χ1n) is 5.44. The summed E-state index contributed by atoms with van der Waals surface area (Å²) in [5.74, 6) is 1.45. The van der Waals surface area contributed by atoms with Gasteiger partial charge in [-0.3, -0.25) is 10.1 Å². The second-order valence-electron chi connectivity index (χ2n) is 3.94. The van der Waals surface area contributed by atoms with Gasteiger partial charge in [-0.15, -0.1) is 0 Å². The van der Waals surface area contributed by atoms with Gasteiger partial charge in [0, 0.05) is 11.3 Å². The molecule has 1 heterocycles. The number of hydrogen-bond acceptors (Lipinski definition) is 3. The first-order valence-corrected chi connectivity index (χ1v) is 6.49. The van der Waals surface area contributed by atoms with Crippen LogP contribution in [0.15, 0.2) is 0 Å². The van der Waals surface area contributed by atoms with E-state index in [0.29, 0.717) is 23.7 Å². The molecule has 1 N–H and O–H groups in total. The number of nitrogens with zero attached hydrogens (tertiary/aromatic N) is 1. The number of carbonyl (C=O) groups excluding carboxylic acids is 1. The van der Waals surface area contributed by atoms with Crippen LogP contribution in [-0.2, 0) is 4.79 Å². The highest BCUT2D eigenvalue weighted by molar-refractivity contribution is 7.99. The van der Waals surface area contributed by atoms with Crippen molar-refractivity contribution in [2.45, 2.75) is 37.5 Å². The van der Waals surface area contributed by atoms with Gasteiger partial charge in [-0.1, -0.05) is 13.3 Å². The Balaban J connectivity index is 1.98. The summed E-state index contributed by atoms with van der Waals surface area (Å²) in [6.45, 7) is 3.51. The molecular formula is C10H18N2OS. The molecule has 0 bridgehead atoms. The van der Waals surface area contributed by atoms with Crippen LogP contribution in [-0.4, -0.2) is 41.1 Å². The lowest BCUT2D eigenvalue weighted by Crippen LogP contribution is -2.41. The van der Waals surface area contributed by atoms with Crippen LogP contribution in [0.3, 0.4) is 0 Å². The molecule has 3 nitrogen and oxygen atoms in total. The van der Waals surface area contributed by atoms with Gasteiger partial charge in [0.05, 0.1) is 13.2 Å². The van der Waals surface area contributed by atoms with E-state index in [1.54, 1.807) is 0 Å². The second kappa shape index (κ2) is 4.53. The molecule has 4 heteroatoms. The third-order valence-electron chi connectivity index (χ3n) is 3.08. The molecule has 1 saturated heterocycles. The predicted molar refractivity (Wildman–Crippen MR) is 59.3 cm³/mol. The molecule has 2 fully saturated rings. The van der Waals surface area contributed by atoms with Gasteiger partial charge in [-0.25, -0.2) is 0 Å². The Labute approximate surface area is 89.6 Å². The van der Waals surface area contributed by atoms with Gasteiger partial charge in [0.15, 0.2) is 0 Å². The third-order valence-corrected chi connectivity index (χ3v) is 4.39. The maximum atomic E-state index is 11.6. The van der Waals surface area contributed by atoms with Gasteiger partial charge in [0.2, 0.25) is 5.91 Å². The quantitative estimate of drug-likeness (QED) is 0.762. The minimum atomic E-state index is 0.290. The minimum absolute atomic E-state index is 0.290. The van der Waals surface area contributed by atoms with Gasteiger partial charge in [-0.05, 0) is 18.6 Å². The van der Waals surface area contributed by atoms with E-state index in [0.717, 1.165) is 12.4 Å². The van der Waals surface area contributed by atoms with Gasteiger partial charge in [0.1, 0.15) is 0 Å². The molecule has 2 atom stereocenters. The summed E-state index contributed by atoms with van der Waals surface area (Å²) in [5.41, 5.74) is 0. The zero-order valence-corrected chi connectivity index (χ0v) is 9.48. The highest BCUT2D eigenvalue weighted by atomic mass is 32.2. The van der Waals surface area contributed by atoms with E-state index < -0.39 is 0 Å². The predicted octanol–water partition coefficient (Wildman–Crippen LogP) is 1.05. The summed E-state index contributed by atoms with van der Waals surface area (Å²) in [6.07, 6.45) is 3.77. The average molecular weight is 214 g/mol. The van der Waals surface area contributed by atoms with E-state index in [4.69, 9.17) is 0 Å². The van der Waals surface area contributed by atoms with Crippen molar-refractivity contribution in [2.75, 3.05) is 19.0 Å². The fourth-order valence-electron chi connectivity index (χ4n) is 2.45. The number of nitrogens with one attached hydrogen (secondary N) is 1. The summed E-state index contributed by atoms with van der Waals surface area (Å²) in [7, 11) is 0. The van der Waals surface area contributed by atoms with Crippen molar-refractivity contribution >= 4 is 17.7 Å². The summed E-state index contributed by atoms with van der Waals surface area (Å²) >= 11 is 2.01. The van der Waals surface area contributed by atoms with E-state index >= 15 is 0 Å². The molecule has 0 spiro atoms. The highest BCUT2D eigenvalue weighted by Gasteiger charge is 2.36. The molecule has 1 aliphatic heterocycles. The Morgan fingerprint density at radius 2 is 2.43 bits per heavy atom. The zero-order valence-electron chi connectivity index (χ0n) is 8.66. The van der Waals surface area contributed by atoms with Gasteiger partial charge < -0.3 is 4.90 Å². The molecule has 2 unspecified atom stereocenters. The van der Waals surface area contributed by atoms with Gasteiger partial charge in [-0.2, -0.15) is 11.8 Å². The lowest BCUT2D eigenvalue weighted by Gasteiger charge is -2.28. The Hall–Kier alpha value is -0.220. The van der Waals surface area contributed by atoms with Gasteiger partial charge >= 0.3 is 0 Å². The van der Waals surface area contributed by atoms with Crippen LogP contribution in [0.25, 0.3) is 0 Å². The van der Waals surface area contributed by atoms with E-state index in [1.165, 1.54) is 19.3 Å². The van der Waals surface area contributed by atoms with Crippen molar-refractivity contribution in [3.8, 4) is 0 Å². The Kier molecular flexibility index (Phi) is 3.34.